The summed E-state index contributed by atoms with van der Waals surface area (Å²) in [6.45, 7) is 1.92. The molecule has 0 fully saturated rings. The van der Waals surface area contributed by atoms with Gasteiger partial charge in [-0.2, -0.15) is 4.98 Å². The van der Waals surface area contributed by atoms with Gasteiger partial charge in [0.25, 0.3) is 0 Å². The molecule has 1 heterocycles. The van der Waals surface area contributed by atoms with Crippen LogP contribution in [0.3, 0.4) is 0 Å². The van der Waals surface area contributed by atoms with E-state index < -0.39 is 0 Å². The lowest BCUT2D eigenvalue weighted by Gasteiger charge is -2.09. The average molecular weight is 370 g/mol. The molecule has 0 aliphatic heterocycles. The van der Waals surface area contributed by atoms with Crippen molar-refractivity contribution in [3.63, 3.8) is 0 Å². The van der Waals surface area contributed by atoms with Crippen LogP contribution < -0.4 is 4.74 Å². The van der Waals surface area contributed by atoms with Gasteiger partial charge in [-0.1, -0.05) is 29.4 Å². The first-order chi connectivity index (χ1) is 12.7. The van der Waals surface area contributed by atoms with Crippen molar-refractivity contribution in [3.8, 4) is 5.75 Å². The molecule has 0 aliphatic carbocycles. The van der Waals surface area contributed by atoms with Crippen molar-refractivity contribution in [2.45, 2.75) is 24.2 Å². The molecule has 0 unspecified atom stereocenters. The Kier molecular flexibility index (Phi) is 5.91. The second-order valence-corrected chi connectivity index (χ2v) is 6.46. The third kappa shape index (κ3) is 4.64. The number of aryl methyl sites for hydroxylation is 1. The van der Waals surface area contributed by atoms with Gasteiger partial charge in [-0.05, 0) is 29.8 Å². The molecule has 0 bridgehead atoms. The highest BCUT2D eigenvalue weighted by molar-refractivity contribution is 7.98. The number of ether oxygens (including phenoxy) is 2. The minimum Gasteiger partial charge on any atom is -0.497 e. The van der Waals surface area contributed by atoms with Crippen LogP contribution in [0.25, 0.3) is 0 Å². The maximum atomic E-state index is 12.5. The van der Waals surface area contributed by atoms with Crippen molar-refractivity contribution >= 4 is 17.7 Å². The molecule has 0 spiro atoms. The number of nitrogens with zero attached hydrogens (tertiary/aromatic N) is 2. The van der Waals surface area contributed by atoms with Gasteiger partial charge in [0.15, 0.2) is 5.82 Å². The number of esters is 1. The van der Waals surface area contributed by atoms with E-state index in [1.165, 1.54) is 11.8 Å². The van der Waals surface area contributed by atoms with E-state index in [1.807, 2.05) is 42.5 Å². The monoisotopic (exact) mass is 370 g/mol. The SMILES string of the molecule is COc1cccc(COC(=O)c2ccccc2SCc2noc(C)n2)c1. The third-order valence-electron chi connectivity index (χ3n) is 3.54. The van der Waals surface area contributed by atoms with E-state index in [1.54, 1.807) is 20.1 Å². The van der Waals surface area contributed by atoms with Crippen LogP contribution in [0.1, 0.15) is 27.6 Å². The Labute approximate surface area is 155 Å². The Hall–Kier alpha value is -2.80. The predicted octanol–water partition coefficient (Wildman–Crippen LogP) is 4.04. The van der Waals surface area contributed by atoms with Crippen LogP contribution in [-0.2, 0) is 17.1 Å². The van der Waals surface area contributed by atoms with Crippen molar-refractivity contribution in [3.05, 3.63) is 71.4 Å². The molecule has 6 nitrogen and oxygen atoms in total. The van der Waals surface area contributed by atoms with Gasteiger partial charge in [0.05, 0.1) is 18.4 Å². The number of rotatable bonds is 7. The molecular weight excluding hydrogens is 352 g/mol. The van der Waals surface area contributed by atoms with Gasteiger partial charge in [0.1, 0.15) is 12.4 Å². The van der Waals surface area contributed by atoms with E-state index in [0.717, 1.165) is 16.2 Å². The van der Waals surface area contributed by atoms with Crippen molar-refractivity contribution in [2.75, 3.05) is 7.11 Å². The van der Waals surface area contributed by atoms with E-state index in [2.05, 4.69) is 10.1 Å². The Morgan fingerprint density at radius 1 is 1.19 bits per heavy atom. The lowest BCUT2D eigenvalue weighted by molar-refractivity contribution is 0.0468. The third-order valence-corrected chi connectivity index (χ3v) is 4.61. The molecule has 2 aromatic carbocycles. The molecule has 134 valence electrons. The van der Waals surface area contributed by atoms with Crippen LogP contribution in [0.2, 0.25) is 0 Å². The van der Waals surface area contributed by atoms with Gasteiger partial charge < -0.3 is 14.0 Å². The van der Waals surface area contributed by atoms with Crippen molar-refractivity contribution in [2.24, 2.45) is 0 Å². The highest BCUT2D eigenvalue weighted by Gasteiger charge is 2.14. The molecular formula is C19H18N2O4S. The first-order valence-corrected chi connectivity index (χ1v) is 8.95. The molecule has 0 amide bonds. The Morgan fingerprint density at radius 2 is 2.04 bits per heavy atom. The van der Waals surface area contributed by atoms with Gasteiger partial charge >= 0.3 is 5.97 Å². The summed E-state index contributed by atoms with van der Waals surface area (Å²) in [4.78, 5) is 17.5. The van der Waals surface area contributed by atoms with E-state index in [-0.39, 0.29) is 12.6 Å². The Bertz CT molecular complexity index is 895. The van der Waals surface area contributed by atoms with Crippen molar-refractivity contribution in [1.29, 1.82) is 0 Å². The zero-order valence-electron chi connectivity index (χ0n) is 14.5. The van der Waals surface area contributed by atoms with Crippen LogP contribution in [0.5, 0.6) is 5.75 Å². The van der Waals surface area contributed by atoms with Gasteiger partial charge in [0, 0.05) is 11.8 Å². The summed E-state index contributed by atoms with van der Waals surface area (Å²) >= 11 is 1.46. The van der Waals surface area contributed by atoms with Gasteiger partial charge in [0.2, 0.25) is 5.89 Å². The van der Waals surface area contributed by atoms with Crippen molar-refractivity contribution < 1.29 is 18.8 Å². The second kappa shape index (κ2) is 8.53. The van der Waals surface area contributed by atoms with Gasteiger partial charge in [-0.15, -0.1) is 11.8 Å². The summed E-state index contributed by atoms with van der Waals surface area (Å²) in [5.41, 5.74) is 1.38. The first-order valence-electron chi connectivity index (χ1n) is 7.97. The van der Waals surface area contributed by atoms with E-state index in [4.69, 9.17) is 14.0 Å². The molecule has 0 aliphatic rings. The maximum absolute atomic E-state index is 12.5. The van der Waals surface area contributed by atoms with Crippen LogP contribution in [0.4, 0.5) is 0 Å². The molecule has 3 rings (SSSR count). The van der Waals surface area contributed by atoms with E-state index in [0.29, 0.717) is 23.0 Å². The Morgan fingerprint density at radius 3 is 2.81 bits per heavy atom. The van der Waals surface area contributed by atoms with Crippen LogP contribution in [0.15, 0.2) is 57.9 Å². The number of hydrogen-bond donors (Lipinski definition) is 0. The minimum atomic E-state index is -0.375. The number of carbonyl (C=O) groups excluding carboxylic acids is 1. The van der Waals surface area contributed by atoms with Gasteiger partial charge in [-0.25, -0.2) is 4.79 Å². The number of hydrogen-bond acceptors (Lipinski definition) is 7. The summed E-state index contributed by atoms with van der Waals surface area (Å²) < 4.78 is 15.6. The lowest BCUT2D eigenvalue weighted by atomic mass is 10.2. The Balaban J connectivity index is 1.65. The van der Waals surface area contributed by atoms with Gasteiger partial charge in [-0.3, -0.25) is 0 Å². The fourth-order valence-corrected chi connectivity index (χ4v) is 3.18. The fraction of sp³-hybridized carbons (Fsp3) is 0.211. The number of aromatic nitrogens is 2. The molecule has 0 saturated carbocycles. The van der Waals surface area contributed by atoms with Crippen molar-refractivity contribution in [1.82, 2.24) is 10.1 Å². The highest BCUT2D eigenvalue weighted by Crippen LogP contribution is 2.26. The van der Waals surface area contributed by atoms with Crippen LogP contribution in [0, 0.1) is 6.92 Å². The molecule has 26 heavy (non-hydrogen) atoms. The largest absolute Gasteiger partial charge is 0.497 e. The summed E-state index contributed by atoms with van der Waals surface area (Å²) in [6, 6.07) is 14.7. The maximum Gasteiger partial charge on any atom is 0.339 e. The first kappa shape index (κ1) is 18.0. The van der Waals surface area contributed by atoms with Crippen LogP contribution >= 0.6 is 11.8 Å². The second-order valence-electron chi connectivity index (χ2n) is 5.44. The summed E-state index contributed by atoms with van der Waals surface area (Å²) in [5.74, 6) is 1.97. The molecule has 3 aromatic rings. The molecule has 0 radical (unpaired) electrons. The van der Waals surface area contributed by atoms with E-state index in [9.17, 15) is 4.79 Å². The molecule has 0 N–H and O–H groups in total. The standard InChI is InChI=1S/C19H18N2O4S/c1-13-20-18(21-25-13)12-26-17-9-4-3-8-16(17)19(22)24-11-14-6-5-7-15(10-14)23-2/h3-10H,11-12H2,1-2H3. The molecule has 7 heteroatoms. The molecule has 0 saturated heterocycles. The van der Waals surface area contributed by atoms with E-state index >= 15 is 0 Å². The molecule has 0 atom stereocenters. The number of carbonyl (C=O) groups is 1. The highest BCUT2D eigenvalue weighted by atomic mass is 32.2. The summed E-state index contributed by atoms with van der Waals surface area (Å²) in [7, 11) is 1.60. The zero-order chi connectivity index (χ0) is 18.4. The number of thioether (sulfide) groups is 1. The normalized spacial score (nSPS) is 10.5. The van der Waals surface area contributed by atoms with Crippen LogP contribution in [-0.4, -0.2) is 23.2 Å². The predicted molar refractivity (Wildman–Crippen MR) is 97.2 cm³/mol. The quantitative estimate of drug-likeness (QED) is 0.459. The topological polar surface area (TPSA) is 74.5 Å². The minimum absolute atomic E-state index is 0.180. The number of methoxy groups -OCH3 is 1. The fourth-order valence-electron chi connectivity index (χ4n) is 2.29. The number of benzene rings is 2. The summed E-state index contributed by atoms with van der Waals surface area (Å²) in [5, 5.41) is 3.86. The summed E-state index contributed by atoms with van der Waals surface area (Å²) in [6.07, 6.45) is 0. The lowest BCUT2D eigenvalue weighted by Crippen LogP contribution is -2.07. The molecule has 1 aromatic heterocycles. The smallest absolute Gasteiger partial charge is 0.339 e. The zero-order valence-corrected chi connectivity index (χ0v) is 15.3. The average Bonchev–Trinajstić information content (AvgIpc) is 3.10.